The number of hydrogen-bond donors (Lipinski definition) is 1. The number of nitrogens with zero attached hydrogens (tertiary/aromatic N) is 1. The van der Waals surface area contributed by atoms with Crippen molar-refractivity contribution in [1.29, 1.82) is 0 Å². The number of halogens is 1. The summed E-state index contributed by atoms with van der Waals surface area (Å²) in [5, 5.41) is 5.14. The van der Waals surface area contributed by atoms with E-state index in [-0.39, 0.29) is 5.91 Å². The molecule has 0 aliphatic rings. The normalized spacial score (nSPS) is 9.93. The summed E-state index contributed by atoms with van der Waals surface area (Å²) in [7, 11) is 0. The van der Waals surface area contributed by atoms with E-state index in [2.05, 4.69) is 26.2 Å². The molecular formula is C10H7BrN2OS. The number of thiazole rings is 1. The van der Waals surface area contributed by atoms with Crippen molar-refractivity contribution in [1.82, 2.24) is 4.98 Å². The van der Waals surface area contributed by atoms with E-state index in [4.69, 9.17) is 0 Å². The number of rotatable bonds is 2. The minimum Gasteiger partial charge on any atom is -0.298 e. The van der Waals surface area contributed by atoms with Crippen molar-refractivity contribution in [3.63, 3.8) is 0 Å². The van der Waals surface area contributed by atoms with Gasteiger partial charge in [-0.1, -0.05) is 12.1 Å². The van der Waals surface area contributed by atoms with Gasteiger partial charge in [0.1, 0.15) is 0 Å². The molecule has 0 radical (unpaired) electrons. The largest absolute Gasteiger partial charge is 0.298 e. The van der Waals surface area contributed by atoms with Crippen LogP contribution in [0.15, 0.2) is 40.3 Å². The second-order valence-corrected chi connectivity index (χ2v) is 4.52. The maximum atomic E-state index is 11.8. The molecule has 0 bridgehead atoms. The third kappa shape index (κ3) is 2.43. The van der Waals surface area contributed by atoms with Crippen LogP contribution >= 0.6 is 27.3 Å². The Morgan fingerprint density at radius 2 is 2.20 bits per heavy atom. The van der Waals surface area contributed by atoms with E-state index in [0.717, 1.165) is 4.47 Å². The van der Waals surface area contributed by atoms with Crippen molar-refractivity contribution in [2.24, 2.45) is 0 Å². The monoisotopic (exact) mass is 282 g/mol. The van der Waals surface area contributed by atoms with Crippen LogP contribution in [0.2, 0.25) is 0 Å². The van der Waals surface area contributed by atoms with Crippen molar-refractivity contribution in [2.45, 2.75) is 0 Å². The van der Waals surface area contributed by atoms with Gasteiger partial charge in [-0.05, 0) is 28.1 Å². The van der Waals surface area contributed by atoms with Gasteiger partial charge in [-0.15, -0.1) is 11.3 Å². The molecule has 0 aliphatic carbocycles. The molecule has 1 amide bonds. The molecule has 2 aromatic rings. The molecule has 1 aromatic carbocycles. The molecular weight excluding hydrogens is 276 g/mol. The van der Waals surface area contributed by atoms with Crippen LogP contribution in [0, 0.1) is 0 Å². The Morgan fingerprint density at radius 1 is 1.40 bits per heavy atom. The fourth-order valence-electron chi connectivity index (χ4n) is 1.09. The van der Waals surface area contributed by atoms with E-state index >= 15 is 0 Å². The fourth-order valence-corrected chi connectivity index (χ4v) is 2.08. The first kappa shape index (κ1) is 10.3. The van der Waals surface area contributed by atoms with E-state index < -0.39 is 0 Å². The molecule has 5 heteroatoms. The van der Waals surface area contributed by atoms with Gasteiger partial charge in [0.05, 0.1) is 5.56 Å². The first-order chi connectivity index (χ1) is 7.27. The Hall–Kier alpha value is -1.20. The first-order valence-corrected chi connectivity index (χ1v) is 5.90. The summed E-state index contributed by atoms with van der Waals surface area (Å²) < 4.78 is 0.777. The van der Waals surface area contributed by atoms with E-state index in [1.54, 1.807) is 12.3 Å². The molecule has 1 heterocycles. The predicted molar refractivity (Wildman–Crippen MR) is 64.2 cm³/mol. The molecule has 15 heavy (non-hydrogen) atoms. The highest BCUT2D eigenvalue weighted by atomic mass is 79.9. The van der Waals surface area contributed by atoms with Crippen molar-refractivity contribution in [3.05, 3.63) is 45.9 Å². The van der Waals surface area contributed by atoms with Gasteiger partial charge in [-0.3, -0.25) is 10.1 Å². The second kappa shape index (κ2) is 4.55. The van der Waals surface area contributed by atoms with Gasteiger partial charge in [-0.2, -0.15) is 0 Å². The number of carbonyl (C=O) groups is 1. The van der Waals surface area contributed by atoms with Crippen LogP contribution in [0.3, 0.4) is 0 Å². The van der Waals surface area contributed by atoms with Crippen molar-refractivity contribution < 1.29 is 4.79 Å². The van der Waals surface area contributed by atoms with Crippen LogP contribution < -0.4 is 5.32 Å². The summed E-state index contributed by atoms with van der Waals surface area (Å²) in [6, 6.07) is 7.27. The second-order valence-electron chi connectivity index (χ2n) is 2.77. The van der Waals surface area contributed by atoms with Gasteiger partial charge in [0, 0.05) is 16.0 Å². The van der Waals surface area contributed by atoms with Crippen molar-refractivity contribution in [3.8, 4) is 0 Å². The Balaban J connectivity index is 2.19. The highest BCUT2D eigenvalue weighted by Crippen LogP contribution is 2.18. The molecule has 0 saturated heterocycles. The highest BCUT2D eigenvalue weighted by Gasteiger charge is 2.09. The summed E-state index contributed by atoms with van der Waals surface area (Å²) in [4.78, 5) is 15.7. The average molecular weight is 283 g/mol. The zero-order chi connectivity index (χ0) is 10.7. The maximum Gasteiger partial charge on any atom is 0.258 e. The van der Waals surface area contributed by atoms with Gasteiger partial charge >= 0.3 is 0 Å². The van der Waals surface area contributed by atoms with Crippen LogP contribution in [0.25, 0.3) is 0 Å². The lowest BCUT2D eigenvalue weighted by Crippen LogP contribution is -2.12. The van der Waals surface area contributed by atoms with Crippen LogP contribution in [-0.4, -0.2) is 10.9 Å². The SMILES string of the molecule is O=C(Nc1nccs1)c1ccccc1Br. The molecule has 0 saturated carbocycles. The van der Waals surface area contributed by atoms with Gasteiger partial charge in [0.25, 0.3) is 5.91 Å². The predicted octanol–water partition coefficient (Wildman–Crippen LogP) is 3.16. The zero-order valence-electron chi connectivity index (χ0n) is 7.61. The molecule has 0 atom stereocenters. The summed E-state index contributed by atoms with van der Waals surface area (Å²) >= 11 is 4.72. The van der Waals surface area contributed by atoms with Crippen molar-refractivity contribution in [2.75, 3.05) is 5.32 Å². The fraction of sp³-hybridized carbons (Fsp3) is 0. The van der Waals surface area contributed by atoms with Gasteiger partial charge < -0.3 is 0 Å². The lowest BCUT2D eigenvalue weighted by Gasteiger charge is -2.03. The molecule has 1 N–H and O–H groups in total. The average Bonchev–Trinajstić information content (AvgIpc) is 2.71. The molecule has 76 valence electrons. The lowest BCUT2D eigenvalue weighted by molar-refractivity contribution is 0.102. The minimum absolute atomic E-state index is 0.155. The number of aromatic nitrogens is 1. The standard InChI is InChI=1S/C10H7BrN2OS/c11-8-4-2-1-3-7(8)9(14)13-10-12-5-6-15-10/h1-6H,(H,12,13,14). The Morgan fingerprint density at radius 3 is 2.87 bits per heavy atom. The maximum absolute atomic E-state index is 11.8. The van der Waals surface area contributed by atoms with Crippen LogP contribution in [0.5, 0.6) is 0 Å². The third-order valence-corrected chi connectivity index (χ3v) is 3.15. The number of amides is 1. The molecule has 1 aromatic heterocycles. The summed E-state index contributed by atoms with van der Waals surface area (Å²) in [6.07, 6.45) is 1.65. The van der Waals surface area contributed by atoms with Crippen LogP contribution in [0.4, 0.5) is 5.13 Å². The summed E-state index contributed by atoms with van der Waals surface area (Å²) in [6.45, 7) is 0. The quantitative estimate of drug-likeness (QED) is 0.919. The lowest BCUT2D eigenvalue weighted by atomic mass is 10.2. The van der Waals surface area contributed by atoms with E-state index in [0.29, 0.717) is 10.7 Å². The van der Waals surface area contributed by atoms with E-state index in [1.165, 1.54) is 11.3 Å². The minimum atomic E-state index is -0.155. The first-order valence-electron chi connectivity index (χ1n) is 4.23. The van der Waals surface area contributed by atoms with E-state index in [1.807, 2.05) is 23.6 Å². The molecule has 0 spiro atoms. The smallest absolute Gasteiger partial charge is 0.258 e. The third-order valence-electron chi connectivity index (χ3n) is 1.77. The van der Waals surface area contributed by atoms with E-state index in [9.17, 15) is 4.79 Å². The molecule has 0 fully saturated rings. The molecule has 0 aliphatic heterocycles. The molecule has 3 nitrogen and oxygen atoms in total. The molecule has 0 unspecified atom stereocenters. The Kier molecular flexibility index (Phi) is 3.13. The molecule has 2 rings (SSSR count). The van der Waals surface area contributed by atoms with Gasteiger partial charge in [0.2, 0.25) is 0 Å². The highest BCUT2D eigenvalue weighted by molar-refractivity contribution is 9.10. The summed E-state index contributed by atoms with van der Waals surface area (Å²) in [5.74, 6) is -0.155. The Bertz CT molecular complexity index is 470. The van der Waals surface area contributed by atoms with Crippen LogP contribution in [0.1, 0.15) is 10.4 Å². The van der Waals surface area contributed by atoms with Gasteiger partial charge in [-0.25, -0.2) is 4.98 Å². The number of anilines is 1. The van der Waals surface area contributed by atoms with Crippen LogP contribution in [-0.2, 0) is 0 Å². The number of hydrogen-bond acceptors (Lipinski definition) is 3. The topological polar surface area (TPSA) is 42.0 Å². The Labute approximate surface area is 99.3 Å². The van der Waals surface area contributed by atoms with Crippen molar-refractivity contribution >= 4 is 38.3 Å². The number of carbonyl (C=O) groups excluding carboxylic acids is 1. The zero-order valence-corrected chi connectivity index (χ0v) is 10.0. The number of nitrogens with one attached hydrogen (secondary N) is 1. The summed E-state index contributed by atoms with van der Waals surface area (Å²) in [5.41, 5.74) is 0.604. The number of benzene rings is 1. The van der Waals surface area contributed by atoms with Gasteiger partial charge in [0.15, 0.2) is 5.13 Å².